The topological polar surface area (TPSA) is 37.3 Å². The van der Waals surface area contributed by atoms with E-state index in [0.717, 1.165) is 6.42 Å². The van der Waals surface area contributed by atoms with Gasteiger partial charge in [-0.05, 0) is 44.2 Å². The van der Waals surface area contributed by atoms with E-state index < -0.39 is 17.1 Å². The molecule has 0 aromatic heterocycles. The van der Waals surface area contributed by atoms with Crippen LogP contribution in [0.15, 0.2) is 24.3 Å². The van der Waals surface area contributed by atoms with Gasteiger partial charge in [0.05, 0.1) is 5.41 Å². The third-order valence-electron chi connectivity index (χ3n) is 3.78. The Labute approximate surface area is 100 Å². The lowest BCUT2D eigenvalue weighted by atomic mass is 9.74. The molecule has 92 valence electrons. The van der Waals surface area contributed by atoms with Gasteiger partial charge in [-0.2, -0.15) is 0 Å². The van der Waals surface area contributed by atoms with Crippen LogP contribution in [-0.4, -0.2) is 11.1 Å². The number of carbonyl (C=O) groups is 1. The lowest BCUT2D eigenvalue weighted by Crippen LogP contribution is -2.31. The molecule has 0 bridgehead atoms. The number of alkyl halides is 1. The number of hydrogen-bond donors (Lipinski definition) is 1. The van der Waals surface area contributed by atoms with Gasteiger partial charge in [-0.25, -0.2) is 4.39 Å². The second-order valence-corrected chi connectivity index (χ2v) is 5.33. The zero-order chi connectivity index (χ0) is 12.7. The Morgan fingerprint density at radius 1 is 1.41 bits per heavy atom. The first-order chi connectivity index (χ1) is 7.86. The normalized spacial score (nSPS) is 18.5. The molecule has 1 saturated carbocycles. The van der Waals surface area contributed by atoms with Gasteiger partial charge in [0, 0.05) is 0 Å². The number of carboxylic acids is 1. The van der Waals surface area contributed by atoms with Gasteiger partial charge in [-0.1, -0.05) is 24.3 Å². The minimum absolute atomic E-state index is 0.546. The molecule has 0 spiro atoms. The summed E-state index contributed by atoms with van der Waals surface area (Å²) in [6.45, 7) is 3.28. The molecule has 0 atom stereocenters. The molecule has 0 saturated heterocycles. The smallest absolute Gasteiger partial charge is 0.313 e. The van der Waals surface area contributed by atoms with Crippen molar-refractivity contribution in [2.45, 2.75) is 44.2 Å². The van der Waals surface area contributed by atoms with Crippen molar-refractivity contribution in [3.05, 3.63) is 35.4 Å². The fourth-order valence-corrected chi connectivity index (χ4v) is 2.09. The Morgan fingerprint density at radius 2 is 2.06 bits per heavy atom. The number of hydrogen-bond acceptors (Lipinski definition) is 1. The lowest BCUT2D eigenvalue weighted by molar-refractivity contribution is -0.142. The molecule has 0 radical (unpaired) electrons. The van der Waals surface area contributed by atoms with E-state index in [4.69, 9.17) is 5.11 Å². The van der Waals surface area contributed by atoms with Crippen LogP contribution in [0, 0.1) is 0 Å². The minimum Gasteiger partial charge on any atom is -0.481 e. The van der Waals surface area contributed by atoms with Gasteiger partial charge in [0.2, 0.25) is 0 Å². The summed E-state index contributed by atoms with van der Waals surface area (Å²) in [7, 11) is 0. The molecular weight excluding hydrogens is 219 g/mol. The first kappa shape index (κ1) is 12.1. The zero-order valence-corrected chi connectivity index (χ0v) is 10.2. The molecule has 17 heavy (non-hydrogen) atoms. The number of benzene rings is 1. The predicted octanol–water partition coefficient (Wildman–Crippen LogP) is 3.40. The van der Waals surface area contributed by atoms with Crippen molar-refractivity contribution in [1.82, 2.24) is 0 Å². The highest BCUT2D eigenvalue weighted by atomic mass is 19.1. The maximum atomic E-state index is 14.3. The summed E-state index contributed by atoms with van der Waals surface area (Å²) < 4.78 is 14.3. The summed E-state index contributed by atoms with van der Waals surface area (Å²) in [6, 6.07) is 6.95. The van der Waals surface area contributed by atoms with Gasteiger partial charge in [-0.15, -0.1) is 0 Å². The van der Waals surface area contributed by atoms with Crippen LogP contribution in [0.25, 0.3) is 0 Å². The number of aliphatic carboxylic acids is 1. The van der Waals surface area contributed by atoms with Crippen molar-refractivity contribution in [3.63, 3.8) is 0 Å². The molecule has 1 aromatic rings. The van der Waals surface area contributed by atoms with E-state index in [0.29, 0.717) is 24.0 Å². The summed E-state index contributed by atoms with van der Waals surface area (Å²) in [6.07, 6.45) is 2.00. The third-order valence-corrected chi connectivity index (χ3v) is 3.78. The molecule has 1 aliphatic rings. The zero-order valence-electron chi connectivity index (χ0n) is 10.2. The van der Waals surface area contributed by atoms with Crippen LogP contribution < -0.4 is 0 Å². The Kier molecular flexibility index (Phi) is 2.72. The maximum Gasteiger partial charge on any atom is 0.313 e. The van der Waals surface area contributed by atoms with Crippen molar-refractivity contribution >= 4 is 5.97 Å². The lowest BCUT2D eigenvalue weighted by Gasteiger charge is -2.35. The quantitative estimate of drug-likeness (QED) is 0.873. The molecule has 3 heteroatoms. The van der Waals surface area contributed by atoms with Crippen LogP contribution in [-0.2, 0) is 15.9 Å². The van der Waals surface area contributed by atoms with E-state index >= 15 is 0 Å². The number of rotatable bonds is 3. The summed E-state index contributed by atoms with van der Waals surface area (Å²) >= 11 is 0. The van der Waals surface area contributed by atoms with Crippen molar-refractivity contribution in [2.24, 2.45) is 0 Å². The summed E-state index contributed by atoms with van der Waals surface area (Å²) in [5, 5.41) is 9.17. The van der Waals surface area contributed by atoms with Gasteiger partial charge >= 0.3 is 5.97 Å². The standard InChI is InChI=1S/C14H17FO2/c1-13(2,12(16)17)10-5-3-6-11(9-10)14(15)7-4-8-14/h3,5-6,9H,4,7-8H2,1-2H3,(H,16,17). The second-order valence-electron chi connectivity index (χ2n) is 5.33. The van der Waals surface area contributed by atoms with Gasteiger partial charge in [0.25, 0.3) is 0 Å². The van der Waals surface area contributed by atoms with E-state index in [2.05, 4.69) is 0 Å². The minimum atomic E-state index is -1.23. The Hall–Kier alpha value is -1.38. The van der Waals surface area contributed by atoms with E-state index in [1.165, 1.54) is 0 Å². The van der Waals surface area contributed by atoms with E-state index in [9.17, 15) is 9.18 Å². The van der Waals surface area contributed by atoms with Gasteiger partial charge in [0.1, 0.15) is 5.67 Å². The van der Waals surface area contributed by atoms with Crippen LogP contribution >= 0.6 is 0 Å². The second kappa shape index (κ2) is 3.83. The average molecular weight is 236 g/mol. The highest BCUT2D eigenvalue weighted by molar-refractivity contribution is 5.80. The highest BCUT2D eigenvalue weighted by Crippen LogP contribution is 2.45. The van der Waals surface area contributed by atoms with Gasteiger partial charge in [0.15, 0.2) is 0 Å². The molecule has 1 aliphatic carbocycles. The molecular formula is C14H17FO2. The predicted molar refractivity (Wildman–Crippen MR) is 63.7 cm³/mol. The molecule has 0 heterocycles. The average Bonchev–Trinajstić information content (AvgIpc) is 2.26. The van der Waals surface area contributed by atoms with Crippen LogP contribution in [0.3, 0.4) is 0 Å². The highest BCUT2D eigenvalue weighted by Gasteiger charge is 2.40. The van der Waals surface area contributed by atoms with Crippen LogP contribution in [0.4, 0.5) is 4.39 Å². The Morgan fingerprint density at radius 3 is 2.53 bits per heavy atom. The molecule has 2 nitrogen and oxygen atoms in total. The largest absolute Gasteiger partial charge is 0.481 e. The summed E-state index contributed by atoms with van der Waals surface area (Å²) in [4.78, 5) is 11.2. The third kappa shape index (κ3) is 1.94. The SMILES string of the molecule is CC(C)(C(=O)O)c1cccc(C2(F)CCC2)c1. The molecule has 0 amide bonds. The molecule has 1 aromatic carbocycles. The molecule has 1 fully saturated rings. The van der Waals surface area contributed by atoms with Crippen molar-refractivity contribution in [2.75, 3.05) is 0 Å². The first-order valence-corrected chi connectivity index (χ1v) is 5.90. The van der Waals surface area contributed by atoms with Gasteiger partial charge in [-0.3, -0.25) is 4.79 Å². The fraction of sp³-hybridized carbons (Fsp3) is 0.500. The van der Waals surface area contributed by atoms with Crippen LogP contribution in [0.1, 0.15) is 44.2 Å². The molecule has 0 unspecified atom stereocenters. The van der Waals surface area contributed by atoms with Crippen molar-refractivity contribution in [1.29, 1.82) is 0 Å². The molecule has 0 aliphatic heterocycles. The molecule has 1 N–H and O–H groups in total. The maximum absolute atomic E-state index is 14.3. The van der Waals surface area contributed by atoms with E-state index in [-0.39, 0.29) is 0 Å². The fourth-order valence-electron chi connectivity index (χ4n) is 2.09. The number of carboxylic acid groups (broad SMARTS) is 1. The molecule has 2 rings (SSSR count). The van der Waals surface area contributed by atoms with Crippen LogP contribution in [0.5, 0.6) is 0 Å². The Bertz CT molecular complexity index is 447. The monoisotopic (exact) mass is 236 g/mol. The van der Waals surface area contributed by atoms with Crippen LogP contribution in [0.2, 0.25) is 0 Å². The summed E-state index contributed by atoms with van der Waals surface area (Å²) in [5.74, 6) is -0.892. The number of halogens is 1. The van der Waals surface area contributed by atoms with Crippen molar-refractivity contribution < 1.29 is 14.3 Å². The van der Waals surface area contributed by atoms with E-state index in [1.54, 1.807) is 38.1 Å². The van der Waals surface area contributed by atoms with Gasteiger partial charge < -0.3 is 5.11 Å². The van der Waals surface area contributed by atoms with Crippen molar-refractivity contribution in [3.8, 4) is 0 Å². The first-order valence-electron chi connectivity index (χ1n) is 5.90. The summed E-state index contributed by atoms with van der Waals surface area (Å²) in [5.41, 5.74) is -0.928. The van der Waals surface area contributed by atoms with E-state index in [1.807, 2.05) is 0 Å². The Balaban J connectivity index is 2.38.